The Hall–Kier alpha value is -6.25. The Balaban J connectivity index is 1.38. The van der Waals surface area contributed by atoms with Crippen LogP contribution >= 0.6 is 11.3 Å². The van der Waals surface area contributed by atoms with E-state index < -0.39 is 4.92 Å². The number of aromatic nitrogens is 4. The second-order valence-electron chi connectivity index (χ2n) is 11.3. The number of nitrogens with zero attached hydrogens (tertiary/aromatic N) is 5. The van der Waals surface area contributed by atoms with Crippen molar-refractivity contribution in [3.63, 3.8) is 0 Å². The Morgan fingerprint density at radius 1 is 0.553 bits per heavy atom. The normalized spacial score (nSPS) is 11.6. The summed E-state index contributed by atoms with van der Waals surface area (Å²) in [6, 6.07) is 46.0. The molecule has 0 saturated carbocycles. The predicted octanol–water partition coefficient (Wildman–Crippen LogP) is 10.2. The number of nitro groups is 1. The highest BCUT2D eigenvalue weighted by atomic mass is 32.1. The summed E-state index contributed by atoms with van der Waals surface area (Å²) in [6.07, 6.45) is 0. The molecular formula is C39H23N5O2S. The molecule has 0 aliphatic rings. The van der Waals surface area contributed by atoms with Gasteiger partial charge in [-0.05, 0) is 30.3 Å². The molecule has 0 bridgehead atoms. The molecule has 0 amide bonds. The fraction of sp³-hybridized carbons (Fsp3) is 0. The van der Waals surface area contributed by atoms with Gasteiger partial charge in [-0.2, -0.15) is 0 Å². The molecule has 3 heterocycles. The summed E-state index contributed by atoms with van der Waals surface area (Å²) < 4.78 is 4.53. The van der Waals surface area contributed by atoms with E-state index in [1.165, 1.54) is 27.6 Å². The molecule has 3 aromatic heterocycles. The number of fused-ring (bicyclic) bond motifs is 6. The molecule has 6 aromatic carbocycles. The van der Waals surface area contributed by atoms with Gasteiger partial charge in [-0.15, -0.1) is 11.3 Å². The molecule has 0 unspecified atom stereocenters. The zero-order chi connectivity index (χ0) is 31.5. The van der Waals surface area contributed by atoms with Gasteiger partial charge in [0.25, 0.3) is 5.69 Å². The lowest BCUT2D eigenvalue weighted by Crippen LogP contribution is -2.02. The zero-order valence-electron chi connectivity index (χ0n) is 24.7. The lowest BCUT2D eigenvalue weighted by atomic mass is 10.1. The van der Waals surface area contributed by atoms with E-state index in [0.29, 0.717) is 23.0 Å². The quantitative estimate of drug-likeness (QED) is 0.140. The van der Waals surface area contributed by atoms with Crippen LogP contribution in [0.5, 0.6) is 0 Å². The fourth-order valence-electron chi connectivity index (χ4n) is 6.41. The Morgan fingerprint density at radius 2 is 1.15 bits per heavy atom. The maximum Gasteiger partial charge on any atom is 0.270 e. The average Bonchev–Trinajstić information content (AvgIpc) is 3.67. The maximum atomic E-state index is 11.7. The van der Waals surface area contributed by atoms with Crippen LogP contribution in [0.4, 0.5) is 5.69 Å². The number of hydrogen-bond donors (Lipinski definition) is 0. The molecule has 47 heavy (non-hydrogen) atoms. The molecule has 0 atom stereocenters. The molecular weight excluding hydrogens is 603 g/mol. The van der Waals surface area contributed by atoms with Gasteiger partial charge in [0.05, 0.1) is 16.0 Å². The average molecular weight is 626 g/mol. The largest absolute Gasteiger partial charge is 0.309 e. The van der Waals surface area contributed by atoms with Crippen molar-refractivity contribution < 1.29 is 4.92 Å². The third-order valence-electron chi connectivity index (χ3n) is 8.52. The summed E-state index contributed by atoms with van der Waals surface area (Å²) in [6.45, 7) is 0. The molecule has 0 spiro atoms. The van der Waals surface area contributed by atoms with Crippen LogP contribution in [0.1, 0.15) is 0 Å². The van der Waals surface area contributed by atoms with Gasteiger partial charge in [0, 0.05) is 65.5 Å². The van der Waals surface area contributed by atoms with Gasteiger partial charge in [0.15, 0.2) is 17.5 Å². The van der Waals surface area contributed by atoms with Crippen LogP contribution in [0.2, 0.25) is 0 Å². The number of para-hydroxylation sites is 2. The number of benzene rings is 6. The van der Waals surface area contributed by atoms with E-state index in [2.05, 4.69) is 89.5 Å². The SMILES string of the molecule is O=[N+]([O-])c1cccc(-c2nc(-c3ccccc3)nc(-c3cc(-n4c5ccccc5c5ccccc54)cc4c3sc3ccccc34)n2)c1. The summed E-state index contributed by atoms with van der Waals surface area (Å²) >= 11 is 1.71. The Labute approximate surface area is 272 Å². The second kappa shape index (κ2) is 10.7. The second-order valence-corrected chi connectivity index (χ2v) is 12.4. The number of nitro benzene ring substituents is 1. The van der Waals surface area contributed by atoms with Gasteiger partial charge in [-0.25, -0.2) is 15.0 Å². The van der Waals surface area contributed by atoms with E-state index in [-0.39, 0.29) is 5.69 Å². The summed E-state index contributed by atoms with van der Waals surface area (Å²) in [7, 11) is 0. The van der Waals surface area contributed by atoms with Crippen molar-refractivity contribution in [3.8, 4) is 39.9 Å². The van der Waals surface area contributed by atoms with Crippen molar-refractivity contribution in [2.45, 2.75) is 0 Å². The Bertz CT molecular complexity index is 2630. The van der Waals surface area contributed by atoms with Gasteiger partial charge in [0.2, 0.25) is 0 Å². The minimum Gasteiger partial charge on any atom is -0.309 e. The molecule has 9 rings (SSSR count). The van der Waals surface area contributed by atoms with Crippen LogP contribution in [0.15, 0.2) is 140 Å². The predicted molar refractivity (Wildman–Crippen MR) is 190 cm³/mol. The van der Waals surface area contributed by atoms with Gasteiger partial charge in [-0.3, -0.25) is 10.1 Å². The van der Waals surface area contributed by atoms with E-state index in [1.54, 1.807) is 23.5 Å². The van der Waals surface area contributed by atoms with Gasteiger partial charge >= 0.3 is 0 Å². The highest BCUT2D eigenvalue weighted by molar-refractivity contribution is 7.26. The number of non-ortho nitro benzene ring substituents is 1. The first-order valence-corrected chi connectivity index (χ1v) is 15.9. The summed E-state index contributed by atoms with van der Waals surface area (Å²) in [4.78, 5) is 26.2. The first-order chi connectivity index (χ1) is 23.1. The van der Waals surface area contributed by atoms with Crippen LogP contribution in [0.25, 0.3) is 81.8 Å². The van der Waals surface area contributed by atoms with Crippen molar-refractivity contribution in [2.24, 2.45) is 0 Å². The minimum atomic E-state index is -0.403. The van der Waals surface area contributed by atoms with Gasteiger partial charge < -0.3 is 4.57 Å². The third-order valence-corrected chi connectivity index (χ3v) is 9.74. The summed E-state index contributed by atoms with van der Waals surface area (Å²) in [5.74, 6) is 1.36. The Kier molecular flexibility index (Phi) is 6.16. The van der Waals surface area contributed by atoms with E-state index in [0.717, 1.165) is 43.3 Å². The van der Waals surface area contributed by atoms with Crippen LogP contribution in [0.3, 0.4) is 0 Å². The van der Waals surface area contributed by atoms with Gasteiger partial charge in [0.1, 0.15) is 0 Å². The summed E-state index contributed by atoms with van der Waals surface area (Å²) in [5.41, 5.74) is 5.43. The maximum absolute atomic E-state index is 11.7. The lowest BCUT2D eigenvalue weighted by Gasteiger charge is -2.13. The van der Waals surface area contributed by atoms with E-state index >= 15 is 0 Å². The molecule has 0 aliphatic heterocycles. The van der Waals surface area contributed by atoms with Crippen LogP contribution in [0, 0.1) is 10.1 Å². The minimum absolute atomic E-state index is 0.0222. The third kappa shape index (κ3) is 4.46. The number of rotatable bonds is 5. The van der Waals surface area contributed by atoms with Crippen molar-refractivity contribution in [2.75, 3.05) is 0 Å². The van der Waals surface area contributed by atoms with E-state index in [4.69, 9.17) is 15.0 Å². The molecule has 0 N–H and O–H groups in total. The molecule has 8 heteroatoms. The van der Waals surface area contributed by atoms with Crippen molar-refractivity contribution in [3.05, 3.63) is 150 Å². The monoisotopic (exact) mass is 625 g/mol. The van der Waals surface area contributed by atoms with Crippen molar-refractivity contribution in [1.82, 2.24) is 19.5 Å². The van der Waals surface area contributed by atoms with E-state index in [1.807, 2.05) is 30.3 Å². The summed E-state index contributed by atoms with van der Waals surface area (Å²) in [5, 5.41) is 16.3. The molecule has 0 aliphatic carbocycles. The zero-order valence-corrected chi connectivity index (χ0v) is 25.6. The Morgan fingerprint density at radius 3 is 1.87 bits per heavy atom. The standard InChI is InChI=1S/C39H23N5O2S/c45-44(46)26-14-10-13-25(21-26)38-40-37(24-11-2-1-3-12-24)41-39(42-38)32-23-27(22-31-30-17-6-9-20-35(30)47-36(31)32)43-33-18-7-4-15-28(33)29-16-5-8-19-34(29)43/h1-23H. The molecule has 0 fully saturated rings. The van der Waals surface area contributed by atoms with Gasteiger partial charge in [-0.1, -0.05) is 97.1 Å². The smallest absolute Gasteiger partial charge is 0.270 e. The molecule has 0 saturated heterocycles. The van der Waals surface area contributed by atoms with E-state index in [9.17, 15) is 10.1 Å². The van der Waals surface area contributed by atoms with Crippen molar-refractivity contribution >= 4 is 59.0 Å². The fourth-order valence-corrected chi connectivity index (χ4v) is 7.60. The lowest BCUT2D eigenvalue weighted by molar-refractivity contribution is -0.384. The van der Waals surface area contributed by atoms with Crippen LogP contribution in [-0.4, -0.2) is 24.4 Å². The first-order valence-electron chi connectivity index (χ1n) is 15.1. The number of thiophene rings is 1. The van der Waals surface area contributed by atoms with Crippen molar-refractivity contribution in [1.29, 1.82) is 0 Å². The molecule has 222 valence electrons. The molecule has 7 nitrogen and oxygen atoms in total. The highest BCUT2D eigenvalue weighted by Gasteiger charge is 2.21. The molecule has 0 radical (unpaired) electrons. The van der Waals surface area contributed by atoms with Crippen LogP contribution in [-0.2, 0) is 0 Å². The number of hydrogen-bond acceptors (Lipinski definition) is 6. The topological polar surface area (TPSA) is 86.7 Å². The highest BCUT2D eigenvalue weighted by Crippen LogP contribution is 2.43. The molecule has 9 aromatic rings. The van der Waals surface area contributed by atoms with Crippen LogP contribution < -0.4 is 0 Å². The first kappa shape index (κ1) is 27.1.